The van der Waals surface area contributed by atoms with Crippen LogP contribution >= 0.6 is 0 Å². The molecule has 0 aliphatic carbocycles. The van der Waals surface area contributed by atoms with E-state index in [0.717, 1.165) is 6.26 Å². The lowest BCUT2D eigenvalue weighted by atomic mass is 10.2. The van der Waals surface area contributed by atoms with Gasteiger partial charge < -0.3 is 14.8 Å². The first-order valence-corrected chi connectivity index (χ1v) is 9.56. The minimum atomic E-state index is -3.35. The lowest BCUT2D eigenvalue weighted by Crippen LogP contribution is -2.39. The molecule has 24 heavy (non-hydrogen) atoms. The summed E-state index contributed by atoms with van der Waals surface area (Å²) < 4.78 is 35.3. The fourth-order valence-corrected chi connectivity index (χ4v) is 3.49. The van der Waals surface area contributed by atoms with E-state index in [0.29, 0.717) is 23.6 Å². The van der Waals surface area contributed by atoms with Crippen LogP contribution in [0.2, 0.25) is 0 Å². The number of amides is 1. The van der Waals surface area contributed by atoms with Gasteiger partial charge in [0.25, 0.3) is 0 Å². The van der Waals surface area contributed by atoms with Crippen LogP contribution in [-0.4, -0.2) is 51.7 Å². The molecular weight excluding hydrogens is 332 g/mol. The fourth-order valence-electron chi connectivity index (χ4n) is 2.27. The zero-order valence-corrected chi connectivity index (χ0v) is 15.6. The quantitative estimate of drug-likeness (QED) is 0.731. The molecule has 7 nitrogen and oxygen atoms in total. The van der Waals surface area contributed by atoms with Gasteiger partial charge in [-0.15, -0.1) is 0 Å². The van der Waals surface area contributed by atoms with Crippen molar-refractivity contribution in [2.24, 2.45) is 0 Å². The number of nitrogens with one attached hydrogen (secondary N) is 1. The first kappa shape index (κ1) is 20.2. The van der Waals surface area contributed by atoms with E-state index in [1.165, 1.54) is 18.5 Å². The SMILES string of the molecule is CCC(C)N(CCC(=O)Nc1ccc(OC)c(OC)c1)S(C)(=O)=O. The van der Waals surface area contributed by atoms with Crippen molar-refractivity contribution in [3.63, 3.8) is 0 Å². The van der Waals surface area contributed by atoms with E-state index < -0.39 is 10.0 Å². The Morgan fingerprint density at radius 1 is 1.25 bits per heavy atom. The number of ether oxygens (including phenoxy) is 2. The Labute approximate surface area is 144 Å². The molecule has 0 saturated carbocycles. The van der Waals surface area contributed by atoms with Crippen molar-refractivity contribution >= 4 is 21.6 Å². The van der Waals surface area contributed by atoms with E-state index in [-0.39, 0.29) is 24.9 Å². The third-order valence-electron chi connectivity index (χ3n) is 3.73. The van der Waals surface area contributed by atoms with Crippen LogP contribution in [0.3, 0.4) is 0 Å². The van der Waals surface area contributed by atoms with Gasteiger partial charge in [-0.05, 0) is 25.5 Å². The largest absolute Gasteiger partial charge is 0.493 e. The number of carbonyl (C=O) groups excluding carboxylic acids is 1. The van der Waals surface area contributed by atoms with Crippen LogP contribution in [0.4, 0.5) is 5.69 Å². The summed E-state index contributed by atoms with van der Waals surface area (Å²) >= 11 is 0. The van der Waals surface area contributed by atoms with Crippen LogP contribution in [0.5, 0.6) is 11.5 Å². The van der Waals surface area contributed by atoms with Gasteiger partial charge in [-0.2, -0.15) is 4.31 Å². The van der Waals surface area contributed by atoms with Crippen LogP contribution in [0.15, 0.2) is 18.2 Å². The van der Waals surface area contributed by atoms with Crippen molar-refractivity contribution in [3.05, 3.63) is 18.2 Å². The molecule has 1 amide bonds. The van der Waals surface area contributed by atoms with Crippen molar-refractivity contribution in [2.75, 3.05) is 32.3 Å². The third kappa shape index (κ3) is 5.68. The first-order valence-electron chi connectivity index (χ1n) is 7.71. The molecule has 1 unspecified atom stereocenters. The standard InChI is InChI=1S/C16H26N2O5S/c1-6-12(2)18(24(5,20)21)10-9-16(19)17-13-7-8-14(22-3)15(11-13)23-4/h7-8,11-12H,6,9-10H2,1-5H3,(H,17,19). The number of rotatable bonds is 9. The average molecular weight is 358 g/mol. The van der Waals surface area contributed by atoms with E-state index in [2.05, 4.69) is 5.32 Å². The highest BCUT2D eigenvalue weighted by Gasteiger charge is 2.22. The van der Waals surface area contributed by atoms with Gasteiger partial charge in [0.15, 0.2) is 11.5 Å². The van der Waals surface area contributed by atoms with Crippen LogP contribution in [0.1, 0.15) is 26.7 Å². The second-order valence-corrected chi connectivity index (χ2v) is 7.43. The molecule has 1 N–H and O–H groups in total. The lowest BCUT2D eigenvalue weighted by Gasteiger charge is -2.25. The predicted octanol–water partition coefficient (Wildman–Crippen LogP) is 2.09. The molecule has 1 aromatic rings. The van der Waals surface area contributed by atoms with Gasteiger partial charge in [0.05, 0.1) is 20.5 Å². The van der Waals surface area contributed by atoms with Crippen molar-refractivity contribution in [1.82, 2.24) is 4.31 Å². The minimum absolute atomic E-state index is 0.0752. The normalized spacial score (nSPS) is 12.8. The highest BCUT2D eigenvalue weighted by molar-refractivity contribution is 7.88. The number of hydrogen-bond donors (Lipinski definition) is 1. The predicted molar refractivity (Wildman–Crippen MR) is 94.1 cm³/mol. The number of methoxy groups -OCH3 is 2. The van der Waals surface area contributed by atoms with Gasteiger partial charge in [-0.1, -0.05) is 6.92 Å². The number of nitrogens with zero attached hydrogens (tertiary/aromatic N) is 1. The Bertz CT molecular complexity index is 660. The highest BCUT2D eigenvalue weighted by Crippen LogP contribution is 2.29. The Kier molecular flexibility index (Phi) is 7.50. The Balaban J connectivity index is 2.72. The molecule has 0 heterocycles. The summed E-state index contributed by atoms with van der Waals surface area (Å²) in [5.41, 5.74) is 0.562. The molecule has 1 aromatic carbocycles. The van der Waals surface area contributed by atoms with Gasteiger partial charge >= 0.3 is 0 Å². The molecule has 0 spiro atoms. The summed E-state index contributed by atoms with van der Waals surface area (Å²) in [7, 11) is -0.302. The monoisotopic (exact) mass is 358 g/mol. The Morgan fingerprint density at radius 2 is 1.88 bits per heavy atom. The summed E-state index contributed by atoms with van der Waals surface area (Å²) in [5, 5.41) is 2.74. The van der Waals surface area contributed by atoms with E-state index in [1.54, 1.807) is 18.2 Å². The van der Waals surface area contributed by atoms with Gasteiger partial charge in [0.1, 0.15) is 0 Å². The molecular formula is C16H26N2O5S. The molecule has 0 radical (unpaired) electrons. The van der Waals surface area contributed by atoms with Gasteiger partial charge in [-0.3, -0.25) is 4.79 Å². The summed E-state index contributed by atoms with van der Waals surface area (Å²) in [6, 6.07) is 4.90. The van der Waals surface area contributed by atoms with E-state index in [9.17, 15) is 13.2 Å². The molecule has 0 aliphatic rings. The molecule has 0 bridgehead atoms. The number of sulfonamides is 1. The lowest BCUT2D eigenvalue weighted by molar-refractivity contribution is -0.116. The van der Waals surface area contributed by atoms with Crippen molar-refractivity contribution < 1.29 is 22.7 Å². The number of benzene rings is 1. The van der Waals surface area contributed by atoms with Crippen molar-refractivity contribution in [1.29, 1.82) is 0 Å². The minimum Gasteiger partial charge on any atom is -0.493 e. The molecule has 0 aromatic heterocycles. The smallest absolute Gasteiger partial charge is 0.225 e. The van der Waals surface area contributed by atoms with Crippen LogP contribution in [-0.2, 0) is 14.8 Å². The van der Waals surface area contributed by atoms with Crippen LogP contribution < -0.4 is 14.8 Å². The average Bonchev–Trinajstić information content (AvgIpc) is 2.53. The summed E-state index contributed by atoms with van der Waals surface area (Å²) in [5.74, 6) is 0.808. The molecule has 0 fully saturated rings. The maximum atomic E-state index is 12.1. The number of carbonyl (C=O) groups is 1. The van der Waals surface area contributed by atoms with E-state index >= 15 is 0 Å². The molecule has 0 saturated heterocycles. The molecule has 8 heteroatoms. The molecule has 1 rings (SSSR count). The van der Waals surface area contributed by atoms with E-state index in [1.807, 2.05) is 13.8 Å². The number of anilines is 1. The maximum absolute atomic E-state index is 12.1. The zero-order valence-electron chi connectivity index (χ0n) is 14.8. The zero-order chi connectivity index (χ0) is 18.3. The van der Waals surface area contributed by atoms with Gasteiger partial charge in [0, 0.05) is 30.8 Å². The molecule has 136 valence electrons. The second kappa shape index (κ2) is 8.89. The number of hydrogen-bond acceptors (Lipinski definition) is 5. The van der Waals surface area contributed by atoms with Crippen LogP contribution in [0.25, 0.3) is 0 Å². The summed E-state index contributed by atoms with van der Waals surface area (Å²) in [4.78, 5) is 12.1. The van der Waals surface area contributed by atoms with Gasteiger partial charge in [-0.25, -0.2) is 8.42 Å². The summed E-state index contributed by atoms with van der Waals surface area (Å²) in [6.07, 6.45) is 1.92. The Morgan fingerprint density at radius 3 is 2.38 bits per heavy atom. The molecule has 1 atom stereocenters. The molecule has 0 aliphatic heterocycles. The topological polar surface area (TPSA) is 84.9 Å². The van der Waals surface area contributed by atoms with Crippen LogP contribution in [0, 0.1) is 0 Å². The Hall–Kier alpha value is -1.80. The fraction of sp³-hybridized carbons (Fsp3) is 0.562. The van der Waals surface area contributed by atoms with Gasteiger partial charge in [0.2, 0.25) is 15.9 Å². The third-order valence-corrected chi connectivity index (χ3v) is 5.13. The van der Waals surface area contributed by atoms with Crippen molar-refractivity contribution in [3.8, 4) is 11.5 Å². The first-order chi connectivity index (χ1) is 11.2. The maximum Gasteiger partial charge on any atom is 0.225 e. The highest BCUT2D eigenvalue weighted by atomic mass is 32.2. The van der Waals surface area contributed by atoms with E-state index in [4.69, 9.17) is 9.47 Å². The summed E-state index contributed by atoms with van der Waals surface area (Å²) in [6.45, 7) is 3.88. The van der Waals surface area contributed by atoms with Crippen molar-refractivity contribution in [2.45, 2.75) is 32.7 Å². The second-order valence-electron chi connectivity index (χ2n) is 5.50.